The molecule has 1 atom stereocenters. The molecule has 0 spiro atoms. The van der Waals surface area contributed by atoms with Gasteiger partial charge in [0, 0.05) is 22.3 Å². The summed E-state index contributed by atoms with van der Waals surface area (Å²) in [5.41, 5.74) is 4.92. The van der Waals surface area contributed by atoms with Crippen molar-refractivity contribution >= 4 is 29.4 Å². The SMILES string of the molecule is COc1ccc(-n2c(S)nnc2C(Cc2ccccc2)NC(=O)Cc2c(C)[nH]c3ccccc23)cc1. The summed E-state index contributed by atoms with van der Waals surface area (Å²) < 4.78 is 7.15. The Morgan fingerprint density at radius 3 is 2.50 bits per heavy atom. The molecule has 2 heterocycles. The molecule has 2 aromatic heterocycles. The number of hydrogen-bond acceptors (Lipinski definition) is 5. The molecule has 0 bridgehead atoms. The number of ether oxygens (including phenoxy) is 1. The average molecular weight is 498 g/mol. The number of para-hydroxylation sites is 1. The fraction of sp³-hybridized carbons (Fsp3) is 0.179. The number of aryl methyl sites for hydroxylation is 1. The lowest BCUT2D eigenvalue weighted by atomic mass is 10.0. The van der Waals surface area contributed by atoms with E-state index in [1.807, 2.05) is 90.4 Å². The number of nitrogens with one attached hydrogen (secondary N) is 2. The van der Waals surface area contributed by atoms with E-state index in [0.717, 1.165) is 39.2 Å². The molecule has 7 nitrogen and oxygen atoms in total. The highest BCUT2D eigenvalue weighted by molar-refractivity contribution is 7.80. The molecule has 0 aliphatic carbocycles. The minimum Gasteiger partial charge on any atom is -0.497 e. The Balaban J connectivity index is 1.48. The third-order valence-corrected chi connectivity index (χ3v) is 6.58. The lowest BCUT2D eigenvalue weighted by molar-refractivity contribution is -0.121. The van der Waals surface area contributed by atoms with Crippen LogP contribution in [0.5, 0.6) is 5.75 Å². The largest absolute Gasteiger partial charge is 0.497 e. The first-order valence-corrected chi connectivity index (χ1v) is 12.2. The van der Waals surface area contributed by atoms with Crippen LogP contribution in [0.25, 0.3) is 16.6 Å². The highest BCUT2D eigenvalue weighted by atomic mass is 32.1. The van der Waals surface area contributed by atoms with E-state index >= 15 is 0 Å². The molecule has 3 aromatic carbocycles. The summed E-state index contributed by atoms with van der Waals surface area (Å²) in [6, 6.07) is 25.2. The lowest BCUT2D eigenvalue weighted by Crippen LogP contribution is -2.33. The third-order valence-electron chi connectivity index (χ3n) is 6.30. The zero-order valence-electron chi connectivity index (χ0n) is 20.1. The number of carbonyl (C=O) groups excluding carboxylic acids is 1. The number of hydrogen-bond donors (Lipinski definition) is 3. The highest BCUT2D eigenvalue weighted by Gasteiger charge is 2.24. The van der Waals surface area contributed by atoms with Crippen LogP contribution in [-0.2, 0) is 17.6 Å². The van der Waals surface area contributed by atoms with Crippen molar-refractivity contribution in [3.8, 4) is 11.4 Å². The second-order valence-corrected chi connectivity index (χ2v) is 9.05. The first-order valence-electron chi connectivity index (χ1n) is 11.7. The lowest BCUT2D eigenvalue weighted by Gasteiger charge is -2.20. The summed E-state index contributed by atoms with van der Waals surface area (Å²) in [4.78, 5) is 16.8. The van der Waals surface area contributed by atoms with E-state index < -0.39 is 6.04 Å². The number of rotatable bonds is 8. The monoisotopic (exact) mass is 497 g/mol. The maximum Gasteiger partial charge on any atom is 0.225 e. The predicted octanol–water partition coefficient (Wildman–Crippen LogP) is 5.00. The van der Waals surface area contributed by atoms with Gasteiger partial charge in [-0.3, -0.25) is 9.36 Å². The molecule has 1 amide bonds. The van der Waals surface area contributed by atoms with Crippen LogP contribution in [0.2, 0.25) is 0 Å². The summed E-state index contributed by atoms with van der Waals surface area (Å²) in [5.74, 6) is 1.27. The zero-order chi connectivity index (χ0) is 25.1. The summed E-state index contributed by atoms with van der Waals surface area (Å²) in [6.07, 6.45) is 0.813. The normalized spacial score (nSPS) is 12.0. The van der Waals surface area contributed by atoms with Crippen molar-refractivity contribution in [3.63, 3.8) is 0 Å². The van der Waals surface area contributed by atoms with E-state index in [0.29, 0.717) is 17.4 Å². The highest BCUT2D eigenvalue weighted by Crippen LogP contribution is 2.26. The Labute approximate surface area is 214 Å². The van der Waals surface area contributed by atoms with Crippen LogP contribution in [0.3, 0.4) is 0 Å². The molecule has 5 aromatic rings. The van der Waals surface area contributed by atoms with E-state index in [4.69, 9.17) is 4.74 Å². The van der Waals surface area contributed by atoms with Gasteiger partial charge in [0.15, 0.2) is 11.0 Å². The maximum absolute atomic E-state index is 13.4. The van der Waals surface area contributed by atoms with Gasteiger partial charge in [0.1, 0.15) is 5.75 Å². The molecular weight excluding hydrogens is 470 g/mol. The van der Waals surface area contributed by atoms with Crippen molar-refractivity contribution in [2.75, 3.05) is 7.11 Å². The van der Waals surface area contributed by atoms with Crippen molar-refractivity contribution in [3.05, 3.63) is 102 Å². The second-order valence-electron chi connectivity index (χ2n) is 8.65. The van der Waals surface area contributed by atoms with Crippen LogP contribution < -0.4 is 10.1 Å². The van der Waals surface area contributed by atoms with Crippen molar-refractivity contribution in [1.29, 1.82) is 0 Å². The molecule has 2 N–H and O–H groups in total. The van der Waals surface area contributed by atoms with Crippen molar-refractivity contribution in [1.82, 2.24) is 25.1 Å². The van der Waals surface area contributed by atoms with Crippen molar-refractivity contribution in [2.45, 2.75) is 31.0 Å². The molecule has 36 heavy (non-hydrogen) atoms. The summed E-state index contributed by atoms with van der Waals surface area (Å²) in [5, 5.41) is 13.4. The first kappa shape index (κ1) is 23.7. The number of aromatic nitrogens is 4. The van der Waals surface area contributed by atoms with Crippen LogP contribution >= 0.6 is 12.6 Å². The number of aromatic amines is 1. The third kappa shape index (κ3) is 4.85. The molecule has 0 aliphatic rings. The molecule has 8 heteroatoms. The minimum atomic E-state index is -0.416. The van der Waals surface area contributed by atoms with Crippen LogP contribution in [0.15, 0.2) is 84.0 Å². The van der Waals surface area contributed by atoms with Gasteiger partial charge >= 0.3 is 0 Å². The molecule has 1 unspecified atom stereocenters. The molecule has 182 valence electrons. The molecular formula is C28H27N5O2S. The summed E-state index contributed by atoms with van der Waals surface area (Å²) in [7, 11) is 1.63. The Morgan fingerprint density at radius 1 is 1.03 bits per heavy atom. The maximum atomic E-state index is 13.4. The van der Waals surface area contributed by atoms with Gasteiger partial charge in [-0.2, -0.15) is 0 Å². The fourth-order valence-electron chi connectivity index (χ4n) is 4.52. The Kier molecular flexibility index (Phi) is 6.77. The van der Waals surface area contributed by atoms with E-state index in [9.17, 15) is 4.79 Å². The summed E-state index contributed by atoms with van der Waals surface area (Å²) >= 11 is 4.56. The number of thiol groups is 1. The summed E-state index contributed by atoms with van der Waals surface area (Å²) in [6.45, 7) is 2.00. The van der Waals surface area contributed by atoms with Gasteiger partial charge in [-0.25, -0.2) is 0 Å². The number of H-pyrrole nitrogens is 1. The van der Waals surface area contributed by atoms with Crippen molar-refractivity contribution in [2.24, 2.45) is 0 Å². The molecule has 0 saturated heterocycles. The van der Waals surface area contributed by atoms with Gasteiger partial charge < -0.3 is 15.0 Å². The molecule has 5 rings (SSSR count). The zero-order valence-corrected chi connectivity index (χ0v) is 21.0. The van der Waals surface area contributed by atoms with Gasteiger partial charge in [-0.05, 0) is 54.8 Å². The Hall–Kier alpha value is -4.04. The standard InChI is InChI=1S/C28H27N5O2S/c1-18-23(22-10-6-7-11-24(22)29-18)17-26(34)30-25(16-19-8-4-3-5-9-19)27-31-32-28(36)33(27)20-12-14-21(35-2)15-13-20/h3-15,25,29H,16-17H2,1-2H3,(H,30,34)(H,32,36). The first-order chi connectivity index (χ1) is 17.5. The van der Waals surface area contributed by atoms with Gasteiger partial charge in [0.25, 0.3) is 0 Å². The minimum absolute atomic E-state index is 0.0891. The average Bonchev–Trinajstić information content (AvgIpc) is 3.43. The predicted molar refractivity (Wildman–Crippen MR) is 143 cm³/mol. The smallest absolute Gasteiger partial charge is 0.225 e. The Bertz CT molecular complexity index is 1490. The number of fused-ring (bicyclic) bond motifs is 1. The van der Waals surface area contributed by atoms with Crippen LogP contribution in [0, 0.1) is 6.92 Å². The number of benzene rings is 3. The van der Waals surface area contributed by atoms with Gasteiger partial charge in [0.2, 0.25) is 5.91 Å². The second kappa shape index (κ2) is 10.3. The van der Waals surface area contributed by atoms with E-state index in [1.54, 1.807) is 7.11 Å². The van der Waals surface area contributed by atoms with E-state index in [2.05, 4.69) is 33.1 Å². The number of carbonyl (C=O) groups is 1. The van der Waals surface area contributed by atoms with Gasteiger partial charge in [-0.15, -0.1) is 22.8 Å². The topological polar surface area (TPSA) is 84.8 Å². The molecule has 0 aliphatic heterocycles. The Morgan fingerprint density at radius 2 is 1.75 bits per heavy atom. The number of amides is 1. The van der Waals surface area contributed by atoms with Gasteiger partial charge in [-0.1, -0.05) is 48.5 Å². The molecule has 0 fully saturated rings. The van der Waals surface area contributed by atoms with Crippen LogP contribution in [0.4, 0.5) is 0 Å². The molecule has 0 radical (unpaired) electrons. The quantitative estimate of drug-likeness (QED) is 0.264. The number of nitrogens with zero attached hydrogens (tertiary/aromatic N) is 3. The number of methoxy groups -OCH3 is 1. The van der Waals surface area contributed by atoms with E-state index in [-0.39, 0.29) is 12.3 Å². The van der Waals surface area contributed by atoms with Crippen molar-refractivity contribution < 1.29 is 9.53 Å². The molecule has 0 saturated carbocycles. The van der Waals surface area contributed by atoms with Crippen LogP contribution in [-0.4, -0.2) is 32.8 Å². The van der Waals surface area contributed by atoms with Crippen LogP contribution in [0.1, 0.15) is 28.7 Å². The fourth-order valence-corrected chi connectivity index (χ4v) is 4.78. The van der Waals surface area contributed by atoms with Gasteiger partial charge in [0.05, 0.1) is 19.6 Å². The van der Waals surface area contributed by atoms with E-state index in [1.165, 1.54) is 0 Å².